The minimum Gasteiger partial charge on any atom is -0.478 e. The van der Waals surface area contributed by atoms with Crippen LogP contribution in [-0.4, -0.2) is 39.3 Å². The Bertz CT molecular complexity index is 1390. The van der Waals surface area contributed by atoms with E-state index >= 15 is 0 Å². The first-order valence-electron chi connectivity index (χ1n) is 17.7. The van der Waals surface area contributed by atoms with Crippen molar-refractivity contribution in [3.8, 4) is 22.5 Å². The van der Waals surface area contributed by atoms with Crippen LogP contribution in [0.3, 0.4) is 0 Å². The molecule has 0 radical (unpaired) electrons. The molecule has 1 aromatic heterocycles. The molecule has 0 unspecified atom stereocenters. The fourth-order valence-corrected chi connectivity index (χ4v) is 5.76. The van der Waals surface area contributed by atoms with E-state index in [1.807, 2.05) is 19.3 Å². The monoisotopic (exact) mass is 668 g/mol. The smallest absolute Gasteiger partial charge is 0.425 e. The third-order valence-corrected chi connectivity index (χ3v) is 8.65. The van der Waals surface area contributed by atoms with E-state index in [4.69, 9.17) is 4.74 Å². The summed E-state index contributed by atoms with van der Waals surface area (Å²) in [6.07, 6.45) is 14.1. The maximum Gasteiger partial charge on any atom is 0.425 e. The Kier molecular flexibility index (Phi) is 16.6. The number of hydrogen-bond acceptors (Lipinski definition) is 5. The van der Waals surface area contributed by atoms with Gasteiger partial charge in [-0.2, -0.15) is 13.2 Å². The number of carboxylic acid groups (broad SMARTS) is 1. The van der Waals surface area contributed by atoms with Crippen molar-refractivity contribution < 1.29 is 32.6 Å². The minimum atomic E-state index is -4.66. The lowest BCUT2D eigenvalue weighted by Gasteiger charge is -2.20. The van der Waals surface area contributed by atoms with Gasteiger partial charge in [-0.1, -0.05) is 116 Å². The summed E-state index contributed by atoms with van der Waals surface area (Å²) < 4.78 is 45.4. The van der Waals surface area contributed by atoms with Crippen molar-refractivity contribution in [2.75, 3.05) is 0 Å². The van der Waals surface area contributed by atoms with Crippen LogP contribution in [0.15, 0.2) is 54.9 Å². The van der Waals surface area contributed by atoms with E-state index < -0.39 is 24.2 Å². The summed E-state index contributed by atoms with van der Waals surface area (Å²) in [6, 6.07) is 10.5. The minimum absolute atomic E-state index is 0.0337. The van der Waals surface area contributed by atoms with Crippen LogP contribution in [0.2, 0.25) is 0 Å². The fourth-order valence-electron chi connectivity index (χ4n) is 5.76. The molecule has 6 nitrogen and oxygen atoms in total. The number of rotatable bonds is 22. The van der Waals surface area contributed by atoms with Crippen molar-refractivity contribution in [1.82, 2.24) is 9.97 Å². The van der Waals surface area contributed by atoms with Crippen molar-refractivity contribution in [2.45, 2.75) is 135 Å². The standard InChI is InChI=1S/C39H51F3N2O4/c1-3-5-7-9-10-11-12-13-14-15-16-18-29-27-43-36(44-28-29)32-24-25-33(37(45)46)34(26-32)30-20-22-31(23-21-30)38(47)48-35(39(40,41)42)19-17-8-6-4-2/h20-28,35H,3-19H2,1-2H3,(H,45,46)/t35-/m0/s1. The molecule has 262 valence electrons. The number of carbonyl (C=O) groups is 2. The highest BCUT2D eigenvalue weighted by Crippen LogP contribution is 2.31. The Labute approximate surface area is 283 Å². The number of aromatic carboxylic acids is 1. The zero-order valence-corrected chi connectivity index (χ0v) is 28.5. The van der Waals surface area contributed by atoms with Gasteiger partial charge in [0.15, 0.2) is 11.9 Å². The lowest BCUT2D eigenvalue weighted by Crippen LogP contribution is -2.33. The normalized spacial score (nSPS) is 12.2. The molecule has 1 N–H and O–H groups in total. The number of aromatic nitrogens is 2. The predicted octanol–water partition coefficient (Wildman–Crippen LogP) is 11.4. The molecule has 1 atom stereocenters. The lowest BCUT2D eigenvalue weighted by molar-refractivity contribution is -0.206. The average Bonchev–Trinajstić information content (AvgIpc) is 3.08. The van der Waals surface area contributed by atoms with Crippen molar-refractivity contribution in [3.05, 3.63) is 71.5 Å². The number of ether oxygens (including phenoxy) is 1. The lowest BCUT2D eigenvalue weighted by atomic mass is 9.96. The number of alkyl halides is 3. The second-order valence-corrected chi connectivity index (χ2v) is 12.6. The summed E-state index contributed by atoms with van der Waals surface area (Å²) in [5.74, 6) is -1.76. The van der Waals surface area contributed by atoms with Crippen molar-refractivity contribution in [3.63, 3.8) is 0 Å². The molecule has 0 aliphatic rings. The van der Waals surface area contributed by atoms with Gasteiger partial charge in [0.2, 0.25) is 0 Å². The van der Waals surface area contributed by atoms with Crippen LogP contribution in [0, 0.1) is 0 Å². The second-order valence-electron chi connectivity index (χ2n) is 12.6. The number of carboxylic acids is 1. The molecule has 3 aromatic rings. The highest BCUT2D eigenvalue weighted by Gasteiger charge is 2.42. The van der Waals surface area contributed by atoms with Crippen LogP contribution < -0.4 is 0 Å². The number of hydrogen-bond donors (Lipinski definition) is 1. The number of esters is 1. The third kappa shape index (κ3) is 13.0. The van der Waals surface area contributed by atoms with Gasteiger partial charge in [0.25, 0.3) is 0 Å². The first-order valence-corrected chi connectivity index (χ1v) is 17.7. The van der Waals surface area contributed by atoms with E-state index in [-0.39, 0.29) is 17.5 Å². The van der Waals surface area contributed by atoms with Gasteiger partial charge in [0.05, 0.1) is 11.1 Å². The van der Waals surface area contributed by atoms with Crippen LogP contribution in [0.25, 0.3) is 22.5 Å². The second kappa shape index (κ2) is 20.6. The molecule has 0 saturated heterocycles. The molecule has 0 aliphatic carbocycles. The van der Waals surface area contributed by atoms with Crippen LogP contribution in [-0.2, 0) is 11.2 Å². The Morgan fingerprint density at radius 3 is 1.79 bits per heavy atom. The van der Waals surface area contributed by atoms with Crippen molar-refractivity contribution >= 4 is 11.9 Å². The maximum absolute atomic E-state index is 13.5. The number of benzene rings is 2. The Morgan fingerprint density at radius 1 is 0.729 bits per heavy atom. The topological polar surface area (TPSA) is 89.4 Å². The summed E-state index contributed by atoms with van der Waals surface area (Å²) in [6.45, 7) is 4.21. The highest BCUT2D eigenvalue weighted by atomic mass is 19.4. The molecular formula is C39H51F3N2O4. The van der Waals surface area contributed by atoms with E-state index in [9.17, 15) is 27.9 Å². The summed E-state index contributed by atoms with van der Waals surface area (Å²) in [7, 11) is 0. The zero-order valence-electron chi connectivity index (χ0n) is 28.5. The van der Waals surface area contributed by atoms with Gasteiger partial charge in [0, 0.05) is 18.0 Å². The highest BCUT2D eigenvalue weighted by molar-refractivity contribution is 5.97. The predicted molar refractivity (Wildman–Crippen MR) is 184 cm³/mol. The van der Waals surface area contributed by atoms with Gasteiger partial charge in [-0.15, -0.1) is 0 Å². The molecule has 9 heteroatoms. The van der Waals surface area contributed by atoms with E-state index in [1.54, 1.807) is 12.1 Å². The van der Waals surface area contributed by atoms with Crippen LogP contribution in [0.5, 0.6) is 0 Å². The third-order valence-electron chi connectivity index (χ3n) is 8.65. The SMILES string of the molecule is CCCCCCCCCCCCCc1cnc(-c2ccc(C(=O)O)c(-c3ccc(C(=O)O[C@@H](CCCCCC)C(F)(F)F)cc3)c2)nc1. The van der Waals surface area contributed by atoms with Gasteiger partial charge in [-0.05, 0) is 66.6 Å². The number of carbonyl (C=O) groups excluding carboxylic acids is 1. The molecule has 0 amide bonds. The van der Waals surface area contributed by atoms with Crippen molar-refractivity contribution in [2.24, 2.45) is 0 Å². The van der Waals surface area contributed by atoms with Crippen LogP contribution in [0.1, 0.15) is 143 Å². The van der Waals surface area contributed by atoms with E-state index in [0.717, 1.165) is 31.2 Å². The number of nitrogens with zero attached hydrogens (tertiary/aromatic N) is 2. The summed E-state index contributed by atoms with van der Waals surface area (Å²) in [4.78, 5) is 33.7. The maximum atomic E-state index is 13.5. The Hall–Kier alpha value is -3.75. The molecule has 0 saturated carbocycles. The quantitative estimate of drug-likeness (QED) is 0.0846. The molecular weight excluding hydrogens is 617 g/mol. The largest absolute Gasteiger partial charge is 0.478 e. The van der Waals surface area contributed by atoms with Crippen LogP contribution >= 0.6 is 0 Å². The van der Waals surface area contributed by atoms with Gasteiger partial charge >= 0.3 is 18.1 Å². The van der Waals surface area contributed by atoms with Gasteiger partial charge in [-0.25, -0.2) is 19.6 Å². The summed E-state index contributed by atoms with van der Waals surface area (Å²) >= 11 is 0. The Balaban J connectivity index is 1.59. The number of aryl methyl sites for hydroxylation is 1. The fraction of sp³-hybridized carbons (Fsp3) is 0.538. The molecule has 3 rings (SSSR count). The number of unbranched alkanes of at least 4 members (excludes halogenated alkanes) is 13. The van der Waals surface area contributed by atoms with E-state index in [0.29, 0.717) is 35.4 Å². The van der Waals surface area contributed by atoms with Gasteiger partial charge in [0.1, 0.15) is 0 Å². The van der Waals surface area contributed by atoms with E-state index in [2.05, 4.69) is 16.9 Å². The molecule has 1 heterocycles. The zero-order chi connectivity index (χ0) is 34.8. The Morgan fingerprint density at radius 2 is 1.25 bits per heavy atom. The molecule has 0 aliphatic heterocycles. The van der Waals surface area contributed by atoms with Gasteiger partial charge < -0.3 is 9.84 Å². The number of halogens is 3. The molecule has 0 bridgehead atoms. The molecule has 48 heavy (non-hydrogen) atoms. The first-order chi connectivity index (χ1) is 23.1. The molecule has 0 fully saturated rings. The van der Waals surface area contributed by atoms with Crippen molar-refractivity contribution in [1.29, 1.82) is 0 Å². The van der Waals surface area contributed by atoms with Gasteiger partial charge in [-0.3, -0.25) is 0 Å². The summed E-state index contributed by atoms with van der Waals surface area (Å²) in [5.41, 5.74) is 2.50. The molecule has 0 spiro atoms. The average molecular weight is 669 g/mol. The van der Waals surface area contributed by atoms with E-state index in [1.165, 1.54) is 94.5 Å². The van der Waals surface area contributed by atoms with Crippen LogP contribution in [0.4, 0.5) is 13.2 Å². The first kappa shape index (κ1) is 38.7. The molecule has 2 aromatic carbocycles. The summed E-state index contributed by atoms with van der Waals surface area (Å²) in [5, 5.41) is 9.84.